The predicted octanol–water partition coefficient (Wildman–Crippen LogP) is 1.93. The average molecular weight is 438 g/mol. The van der Waals surface area contributed by atoms with Crippen molar-refractivity contribution in [2.45, 2.75) is 6.04 Å². The van der Waals surface area contributed by atoms with Crippen molar-refractivity contribution >= 4 is 40.6 Å². The largest absolute Gasteiger partial charge is 0.506 e. The van der Waals surface area contributed by atoms with E-state index >= 15 is 0 Å². The molecule has 0 aliphatic carbocycles. The van der Waals surface area contributed by atoms with Gasteiger partial charge in [-0.1, -0.05) is 29.8 Å². The van der Waals surface area contributed by atoms with Gasteiger partial charge in [0.05, 0.1) is 28.8 Å². The molecule has 0 spiro atoms. The molecule has 4 rings (SSSR count). The summed E-state index contributed by atoms with van der Waals surface area (Å²) in [6.07, 6.45) is 1.38. The summed E-state index contributed by atoms with van der Waals surface area (Å²) in [7, 11) is 0. The lowest BCUT2D eigenvalue weighted by Gasteiger charge is -2.48. The number of hydrogen-bond acceptors (Lipinski definition) is 6. The first-order valence-corrected chi connectivity index (χ1v) is 10.6. The van der Waals surface area contributed by atoms with Crippen LogP contribution in [0, 0.1) is 0 Å². The topological polar surface area (TPSA) is 62.6 Å². The van der Waals surface area contributed by atoms with Crippen LogP contribution in [0.2, 0.25) is 10.0 Å². The van der Waals surface area contributed by atoms with Gasteiger partial charge in [-0.05, 0) is 12.1 Å². The van der Waals surface area contributed by atoms with E-state index < -0.39 is 0 Å². The number of anilines is 1. The molecule has 2 saturated heterocycles. The number of halogens is 2. The highest BCUT2D eigenvalue weighted by atomic mass is 35.5. The average Bonchev–Trinajstić information content (AvgIpc) is 2.70. The number of carbonyl (C=O) groups excluding carboxylic acids is 1. The first kappa shape index (κ1) is 20.3. The van der Waals surface area contributed by atoms with Crippen LogP contribution in [0.1, 0.15) is 0 Å². The fraction of sp³-hybridized carbons (Fsp3) is 0.500. The van der Waals surface area contributed by atoms with Gasteiger partial charge < -0.3 is 19.8 Å². The van der Waals surface area contributed by atoms with E-state index in [4.69, 9.17) is 28.2 Å². The van der Waals surface area contributed by atoms with Crippen LogP contribution in [-0.2, 0) is 4.79 Å². The Morgan fingerprint density at radius 2 is 1.79 bits per heavy atom. The van der Waals surface area contributed by atoms with E-state index in [1.807, 2.05) is 4.90 Å². The van der Waals surface area contributed by atoms with Crippen LogP contribution in [0.5, 0.6) is 5.75 Å². The molecule has 9 heteroatoms. The van der Waals surface area contributed by atoms with Gasteiger partial charge in [-0.25, -0.2) is 0 Å². The number of amidine groups is 1. The molecule has 1 amide bonds. The first-order valence-electron chi connectivity index (χ1n) is 9.83. The SMILES string of the molecule is C=CC(=O)N1CC(N2CCN(C3=NCCN(c4cc(Cl)c(Cl)cc4O)C3)CC2)C1. The molecule has 1 N–H and O–H groups in total. The Hall–Kier alpha value is -1.96. The number of aliphatic imine (C=N–C) groups is 1. The van der Waals surface area contributed by atoms with Gasteiger partial charge in [-0.15, -0.1) is 0 Å². The molecule has 0 unspecified atom stereocenters. The van der Waals surface area contributed by atoms with E-state index in [0.29, 0.717) is 34.9 Å². The third kappa shape index (κ3) is 4.17. The van der Waals surface area contributed by atoms with Gasteiger partial charge >= 0.3 is 0 Å². The zero-order chi connectivity index (χ0) is 20.5. The minimum absolute atomic E-state index is 0.0158. The van der Waals surface area contributed by atoms with Gasteiger partial charge in [0, 0.05) is 57.9 Å². The highest BCUT2D eigenvalue weighted by molar-refractivity contribution is 6.42. The van der Waals surface area contributed by atoms with Crippen LogP contribution in [0.3, 0.4) is 0 Å². The number of nitrogens with zero attached hydrogens (tertiary/aromatic N) is 5. The molecule has 156 valence electrons. The maximum absolute atomic E-state index is 11.6. The molecule has 3 aliphatic heterocycles. The molecule has 3 aliphatic rings. The van der Waals surface area contributed by atoms with Crippen molar-refractivity contribution in [1.29, 1.82) is 0 Å². The summed E-state index contributed by atoms with van der Waals surface area (Å²) in [6, 6.07) is 3.65. The standard InChI is InChI=1S/C20H25Cl2N5O2/c1-2-20(29)27-11-14(12-27)24-5-7-25(8-6-24)19-13-26(4-3-23-19)17-9-15(21)16(22)10-18(17)28/h2,9-10,14,28H,1,3-8,11-13H2. The summed E-state index contributed by atoms with van der Waals surface area (Å²) in [5.41, 5.74) is 0.687. The van der Waals surface area contributed by atoms with E-state index in [-0.39, 0.29) is 11.7 Å². The van der Waals surface area contributed by atoms with E-state index in [1.54, 1.807) is 6.07 Å². The lowest BCUT2D eigenvalue weighted by molar-refractivity contribution is -0.133. The number of aromatic hydroxyl groups is 1. The summed E-state index contributed by atoms with van der Waals surface area (Å²) in [4.78, 5) is 25.0. The maximum Gasteiger partial charge on any atom is 0.246 e. The summed E-state index contributed by atoms with van der Waals surface area (Å²) in [5, 5.41) is 11.1. The normalized spacial score (nSPS) is 21.0. The van der Waals surface area contributed by atoms with E-state index in [1.165, 1.54) is 12.1 Å². The Labute approximate surface area is 180 Å². The number of rotatable bonds is 3. The number of benzene rings is 1. The maximum atomic E-state index is 11.6. The van der Waals surface area contributed by atoms with E-state index in [0.717, 1.165) is 51.6 Å². The van der Waals surface area contributed by atoms with Crippen LogP contribution in [-0.4, -0.2) is 96.5 Å². The molecule has 29 heavy (non-hydrogen) atoms. The first-order chi connectivity index (χ1) is 14.0. The molecule has 7 nitrogen and oxygen atoms in total. The van der Waals surface area contributed by atoms with E-state index in [2.05, 4.69) is 21.3 Å². The number of hydrogen-bond donors (Lipinski definition) is 1. The molecule has 0 bridgehead atoms. The molecule has 3 heterocycles. The smallest absolute Gasteiger partial charge is 0.246 e. The Balaban J connectivity index is 1.33. The van der Waals surface area contributed by atoms with Gasteiger partial charge in [-0.3, -0.25) is 14.7 Å². The summed E-state index contributed by atoms with van der Waals surface area (Å²) in [6.45, 7) is 10.9. The quantitative estimate of drug-likeness (QED) is 0.731. The lowest BCUT2D eigenvalue weighted by atomic mass is 10.1. The zero-order valence-corrected chi connectivity index (χ0v) is 17.7. The molecule has 2 fully saturated rings. The number of amides is 1. The van der Waals surface area contributed by atoms with Gasteiger partial charge in [0.25, 0.3) is 0 Å². The van der Waals surface area contributed by atoms with Crippen LogP contribution in [0.4, 0.5) is 5.69 Å². The molecule has 0 radical (unpaired) electrons. The summed E-state index contributed by atoms with van der Waals surface area (Å²) >= 11 is 12.1. The van der Waals surface area contributed by atoms with Gasteiger partial charge in [0.15, 0.2) is 0 Å². The van der Waals surface area contributed by atoms with Crippen molar-refractivity contribution in [3.8, 4) is 5.75 Å². The number of likely N-dealkylation sites (tertiary alicyclic amines) is 1. The molecular weight excluding hydrogens is 413 g/mol. The summed E-state index contributed by atoms with van der Waals surface area (Å²) in [5.74, 6) is 1.19. The second-order valence-electron chi connectivity index (χ2n) is 7.60. The molecule has 0 saturated carbocycles. The van der Waals surface area contributed by atoms with Crippen molar-refractivity contribution in [1.82, 2.24) is 14.7 Å². The molecule has 1 aromatic carbocycles. The summed E-state index contributed by atoms with van der Waals surface area (Å²) < 4.78 is 0. The Bertz CT molecular complexity index is 832. The number of carbonyl (C=O) groups is 1. The second kappa shape index (κ2) is 8.42. The van der Waals surface area contributed by atoms with Crippen LogP contribution >= 0.6 is 23.2 Å². The molecular formula is C20H25Cl2N5O2. The molecule has 0 atom stereocenters. The molecule has 0 aromatic heterocycles. The van der Waals surface area contributed by atoms with Crippen molar-refractivity contribution in [2.24, 2.45) is 4.99 Å². The fourth-order valence-electron chi connectivity index (χ4n) is 4.12. The number of piperazine rings is 1. The Kier molecular flexibility index (Phi) is 5.90. The predicted molar refractivity (Wildman–Crippen MR) is 116 cm³/mol. The minimum Gasteiger partial charge on any atom is -0.506 e. The molecule has 1 aromatic rings. The third-order valence-electron chi connectivity index (χ3n) is 5.90. The van der Waals surface area contributed by atoms with Crippen molar-refractivity contribution in [3.63, 3.8) is 0 Å². The van der Waals surface area contributed by atoms with Gasteiger partial charge in [0.2, 0.25) is 5.91 Å². The highest BCUT2D eigenvalue weighted by Gasteiger charge is 2.35. The number of phenols is 1. The van der Waals surface area contributed by atoms with Crippen molar-refractivity contribution in [3.05, 3.63) is 34.8 Å². The monoisotopic (exact) mass is 437 g/mol. The van der Waals surface area contributed by atoms with Crippen LogP contribution < -0.4 is 4.90 Å². The van der Waals surface area contributed by atoms with Crippen molar-refractivity contribution in [2.75, 3.05) is 63.8 Å². The van der Waals surface area contributed by atoms with Crippen LogP contribution in [0.15, 0.2) is 29.8 Å². The van der Waals surface area contributed by atoms with E-state index in [9.17, 15) is 9.90 Å². The Morgan fingerprint density at radius 1 is 1.10 bits per heavy atom. The van der Waals surface area contributed by atoms with Crippen LogP contribution in [0.25, 0.3) is 0 Å². The highest BCUT2D eigenvalue weighted by Crippen LogP contribution is 2.36. The minimum atomic E-state index is 0.0158. The third-order valence-corrected chi connectivity index (χ3v) is 6.62. The second-order valence-corrected chi connectivity index (χ2v) is 8.41. The lowest BCUT2D eigenvalue weighted by Crippen LogP contribution is -2.64. The fourth-order valence-corrected chi connectivity index (χ4v) is 4.44. The number of phenolic OH excluding ortho intramolecular Hbond substituents is 1. The zero-order valence-electron chi connectivity index (χ0n) is 16.2. The van der Waals surface area contributed by atoms with Gasteiger partial charge in [0.1, 0.15) is 11.6 Å². The van der Waals surface area contributed by atoms with Gasteiger partial charge in [-0.2, -0.15) is 0 Å². The Morgan fingerprint density at radius 3 is 2.48 bits per heavy atom. The van der Waals surface area contributed by atoms with Crippen molar-refractivity contribution < 1.29 is 9.90 Å².